The first-order valence-electron chi connectivity index (χ1n) is 10.2. The molecule has 0 amide bonds. The first kappa shape index (κ1) is 15.4. The molecule has 0 saturated heterocycles. The third-order valence-electron chi connectivity index (χ3n) is 7.58. The topological polar surface area (TPSA) is 12.0 Å². The molecule has 5 aliphatic carbocycles. The summed E-state index contributed by atoms with van der Waals surface area (Å²) in [6.45, 7) is 2.14. The van der Waals surface area contributed by atoms with Gasteiger partial charge in [-0.05, 0) is 104 Å². The fourth-order valence-electron chi connectivity index (χ4n) is 6.67. The molecule has 1 aromatic rings. The number of nitrogens with one attached hydrogen (secondary N) is 1. The number of alkyl halides is 1. The molecule has 1 nitrogen and oxygen atoms in total. The predicted octanol–water partition coefficient (Wildman–Crippen LogP) is 5.20. The van der Waals surface area contributed by atoms with Crippen molar-refractivity contribution in [2.24, 2.45) is 29.6 Å². The molecule has 130 valence electrons. The van der Waals surface area contributed by atoms with Gasteiger partial charge in [-0.2, -0.15) is 0 Å². The van der Waals surface area contributed by atoms with Crippen molar-refractivity contribution >= 4 is 0 Å². The number of benzene rings is 1. The van der Waals surface area contributed by atoms with Crippen molar-refractivity contribution < 1.29 is 4.39 Å². The highest BCUT2D eigenvalue weighted by Crippen LogP contribution is 2.56. The molecule has 4 bridgehead atoms. The van der Waals surface area contributed by atoms with Gasteiger partial charge in [-0.15, -0.1) is 0 Å². The lowest BCUT2D eigenvalue weighted by atomic mass is 9.52. The second-order valence-corrected chi connectivity index (χ2v) is 9.12. The summed E-state index contributed by atoms with van der Waals surface area (Å²) in [6, 6.07) is 6.44. The van der Waals surface area contributed by atoms with E-state index in [4.69, 9.17) is 0 Å². The quantitative estimate of drug-likeness (QED) is 0.802. The van der Waals surface area contributed by atoms with Crippen LogP contribution in [0.5, 0.6) is 0 Å². The zero-order valence-corrected chi connectivity index (χ0v) is 14.6. The van der Waals surface area contributed by atoms with E-state index < -0.39 is 6.17 Å². The van der Waals surface area contributed by atoms with Crippen LogP contribution in [0.3, 0.4) is 0 Å². The summed E-state index contributed by atoms with van der Waals surface area (Å²) in [5.41, 5.74) is 3.54. The van der Waals surface area contributed by atoms with Gasteiger partial charge in [0.05, 0.1) is 0 Å². The summed E-state index contributed by atoms with van der Waals surface area (Å²) in [7, 11) is 0. The van der Waals surface area contributed by atoms with Gasteiger partial charge in [0, 0.05) is 6.54 Å². The highest BCUT2D eigenvalue weighted by Gasteiger charge is 2.47. The minimum absolute atomic E-state index is 0.705. The Morgan fingerprint density at radius 3 is 2.50 bits per heavy atom. The molecular formula is C22H30FN. The SMILES string of the molecule is FC1CCCc2cc(CNCC3C4CC5CC(C4)CC3C5)ccc21. The first-order valence-corrected chi connectivity index (χ1v) is 10.2. The summed E-state index contributed by atoms with van der Waals surface area (Å²) in [5.74, 6) is 5.07. The molecule has 1 N–H and O–H groups in total. The van der Waals surface area contributed by atoms with E-state index in [0.29, 0.717) is 6.42 Å². The maximum atomic E-state index is 14.0. The van der Waals surface area contributed by atoms with Crippen LogP contribution in [0.25, 0.3) is 0 Å². The maximum Gasteiger partial charge on any atom is 0.125 e. The van der Waals surface area contributed by atoms with E-state index in [9.17, 15) is 4.39 Å². The molecule has 4 fully saturated rings. The Balaban J connectivity index is 1.20. The van der Waals surface area contributed by atoms with Crippen molar-refractivity contribution in [1.29, 1.82) is 0 Å². The van der Waals surface area contributed by atoms with E-state index in [-0.39, 0.29) is 0 Å². The van der Waals surface area contributed by atoms with E-state index >= 15 is 0 Å². The van der Waals surface area contributed by atoms with Crippen LogP contribution >= 0.6 is 0 Å². The van der Waals surface area contributed by atoms with Crippen molar-refractivity contribution in [3.05, 3.63) is 34.9 Å². The summed E-state index contributed by atoms with van der Waals surface area (Å²) in [5, 5.41) is 3.75. The molecular weight excluding hydrogens is 297 g/mol. The van der Waals surface area contributed by atoms with Gasteiger partial charge in [-0.1, -0.05) is 18.2 Å². The van der Waals surface area contributed by atoms with Gasteiger partial charge in [0.15, 0.2) is 0 Å². The molecule has 0 aromatic heterocycles. The second-order valence-electron chi connectivity index (χ2n) is 9.12. The average Bonchev–Trinajstić information content (AvgIpc) is 2.57. The minimum Gasteiger partial charge on any atom is -0.312 e. The van der Waals surface area contributed by atoms with Crippen LogP contribution in [0.15, 0.2) is 18.2 Å². The van der Waals surface area contributed by atoms with E-state index in [1.165, 1.54) is 49.8 Å². The van der Waals surface area contributed by atoms with E-state index in [1.807, 2.05) is 6.07 Å². The Hall–Kier alpha value is -0.890. The van der Waals surface area contributed by atoms with Crippen molar-refractivity contribution in [1.82, 2.24) is 5.32 Å². The zero-order valence-electron chi connectivity index (χ0n) is 14.6. The van der Waals surface area contributed by atoms with Crippen LogP contribution in [0.2, 0.25) is 0 Å². The molecule has 0 radical (unpaired) electrons. The number of halogens is 1. The molecule has 6 rings (SSSR count). The summed E-state index contributed by atoms with van der Waals surface area (Å²) in [4.78, 5) is 0. The van der Waals surface area contributed by atoms with Gasteiger partial charge < -0.3 is 5.32 Å². The van der Waals surface area contributed by atoms with Crippen molar-refractivity contribution in [2.75, 3.05) is 6.54 Å². The van der Waals surface area contributed by atoms with Crippen LogP contribution < -0.4 is 5.32 Å². The second kappa shape index (κ2) is 6.12. The lowest BCUT2D eigenvalue weighted by Crippen LogP contribution is -2.48. The summed E-state index contributed by atoms with van der Waals surface area (Å²) < 4.78 is 14.0. The summed E-state index contributed by atoms with van der Waals surface area (Å²) >= 11 is 0. The number of fused-ring (bicyclic) bond motifs is 1. The van der Waals surface area contributed by atoms with Gasteiger partial charge in [-0.25, -0.2) is 4.39 Å². The van der Waals surface area contributed by atoms with E-state index in [2.05, 4.69) is 17.4 Å². The molecule has 5 aliphatic rings. The van der Waals surface area contributed by atoms with Gasteiger partial charge >= 0.3 is 0 Å². The molecule has 1 unspecified atom stereocenters. The van der Waals surface area contributed by atoms with Gasteiger partial charge in [0.1, 0.15) is 6.17 Å². The van der Waals surface area contributed by atoms with E-state index in [1.54, 1.807) is 0 Å². The monoisotopic (exact) mass is 327 g/mol. The standard InChI is InChI=1S/C22H30FN/c23-22-3-1-2-17-7-14(4-5-20(17)22)12-24-13-21-18-8-15-6-16(10-18)11-19(21)9-15/h4-5,7,15-16,18-19,21-22,24H,1-3,6,8-13H2. The number of rotatable bonds is 4. The Kier molecular flexibility index (Phi) is 3.92. The molecule has 1 aromatic carbocycles. The smallest absolute Gasteiger partial charge is 0.125 e. The summed E-state index contributed by atoms with van der Waals surface area (Å²) in [6.07, 6.45) is 9.61. The Bertz CT molecular complexity index is 582. The Morgan fingerprint density at radius 1 is 1.00 bits per heavy atom. The normalized spacial score (nSPS) is 39.9. The number of hydrogen-bond acceptors (Lipinski definition) is 1. The average molecular weight is 327 g/mol. The van der Waals surface area contributed by atoms with Crippen LogP contribution in [0.1, 0.15) is 67.8 Å². The highest BCUT2D eigenvalue weighted by molar-refractivity contribution is 5.35. The minimum atomic E-state index is -0.733. The van der Waals surface area contributed by atoms with Crippen molar-refractivity contribution in [2.45, 2.75) is 64.1 Å². The molecule has 24 heavy (non-hydrogen) atoms. The van der Waals surface area contributed by atoms with Crippen LogP contribution in [0, 0.1) is 29.6 Å². The third-order valence-corrected chi connectivity index (χ3v) is 7.58. The van der Waals surface area contributed by atoms with Crippen LogP contribution in [-0.2, 0) is 13.0 Å². The van der Waals surface area contributed by atoms with Gasteiger partial charge in [-0.3, -0.25) is 0 Å². The van der Waals surface area contributed by atoms with Crippen LogP contribution in [-0.4, -0.2) is 6.54 Å². The maximum absolute atomic E-state index is 14.0. The molecule has 1 atom stereocenters. The molecule has 0 aliphatic heterocycles. The Labute approximate surface area is 145 Å². The lowest BCUT2D eigenvalue weighted by molar-refractivity contribution is -0.0355. The van der Waals surface area contributed by atoms with Gasteiger partial charge in [0.2, 0.25) is 0 Å². The zero-order chi connectivity index (χ0) is 16.1. The first-order chi connectivity index (χ1) is 11.8. The van der Waals surface area contributed by atoms with Crippen LogP contribution in [0.4, 0.5) is 4.39 Å². The fourth-order valence-corrected chi connectivity index (χ4v) is 6.67. The fraction of sp³-hybridized carbons (Fsp3) is 0.727. The molecule has 0 spiro atoms. The molecule has 2 heteroatoms. The van der Waals surface area contributed by atoms with Gasteiger partial charge in [0.25, 0.3) is 0 Å². The lowest BCUT2D eigenvalue weighted by Gasteiger charge is -2.54. The largest absolute Gasteiger partial charge is 0.312 e. The highest BCUT2D eigenvalue weighted by atomic mass is 19.1. The number of aryl methyl sites for hydroxylation is 1. The Morgan fingerprint density at radius 2 is 1.75 bits per heavy atom. The van der Waals surface area contributed by atoms with E-state index in [0.717, 1.165) is 54.5 Å². The van der Waals surface area contributed by atoms with Crippen molar-refractivity contribution in [3.63, 3.8) is 0 Å². The molecule has 4 saturated carbocycles. The third kappa shape index (κ3) is 2.71. The molecule has 0 heterocycles. The predicted molar refractivity (Wildman–Crippen MR) is 95.5 cm³/mol. The number of hydrogen-bond donors (Lipinski definition) is 1. The van der Waals surface area contributed by atoms with Crippen molar-refractivity contribution in [3.8, 4) is 0 Å².